The number of aryl methyl sites for hydroxylation is 1. The van der Waals surface area contributed by atoms with Crippen LogP contribution >= 0.6 is 112 Å². The molecule has 0 N–H and O–H groups in total. The van der Waals surface area contributed by atoms with Crippen molar-refractivity contribution in [3.63, 3.8) is 0 Å². The standard InChI is InChI=1S/C16H11Br7/c1-6-10(17)5-8(14(21)11(6)18)3-4-9-15(22)12(19)7(2)13(20)16(9)23/h5H,3-4H2,1-2H3. The quantitative estimate of drug-likeness (QED) is 0.274. The van der Waals surface area contributed by atoms with Gasteiger partial charge in [0.2, 0.25) is 0 Å². The highest BCUT2D eigenvalue weighted by Crippen LogP contribution is 2.42. The van der Waals surface area contributed by atoms with Crippen LogP contribution in [-0.4, -0.2) is 0 Å². The molecule has 0 fully saturated rings. The van der Waals surface area contributed by atoms with E-state index in [0.29, 0.717) is 0 Å². The Kier molecular flexibility index (Phi) is 7.95. The van der Waals surface area contributed by atoms with E-state index in [9.17, 15) is 0 Å². The van der Waals surface area contributed by atoms with Gasteiger partial charge in [-0.1, -0.05) is 15.9 Å². The Labute approximate surface area is 195 Å². The summed E-state index contributed by atoms with van der Waals surface area (Å²) in [4.78, 5) is 0. The second-order valence-corrected chi connectivity index (χ2v) is 10.7. The Balaban J connectivity index is 2.40. The molecule has 0 unspecified atom stereocenters. The molecule has 0 atom stereocenters. The molecule has 0 heterocycles. The van der Waals surface area contributed by atoms with Crippen molar-refractivity contribution in [3.8, 4) is 0 Å². The van der Waals surface area contributed by atoms with Crippen LogP contribution in [0.3, 0.4) is 0 Å². The molecule has 0 saturated carbocycles. The smallest absolute Gasteiger partial charge is 0.0364 e. The normalized spacial score (nSPS) is 11.2. The predicted octanol–water partition coefficient (Wildman–Crippen LogP) is 9.43. The lowest BCUT2D eigenvalue weighted by atomic mass is 10.0. The summed E-state index contributed by atoms with van der Waals surface area (Å²) in [5, 5.41) is 0. The zero-order valence-corrected chi connectivity index (χ0v) is 23.2. The number of rotatable bonds is 3. The summed E-state index contributed by atoms with van der Waals surface area (Å²) >= 11 is 25.8. The molecule has 0 nitrogen and oxygen atoms in total. The topological polar surface area (TPSA) is 0 Å². The zero-order chi connectivity index (χ0) is 17.5. The van der Waals surface area contributed by atoms with Gasteiger partial charge in [0, 0.05) is 31.3 Å². The molecule has 0 aromatic heterocycles. The highest BCUT2D eigenvalue weighted by Gasteiger charge is 2.17. The molecule has 0 saturated heterocycles. The van der Waals surface area contributed by atoms with E-state index in [1.54, 1.807) is 0 Å². The molecule has 2 aromatic carbocycles. The minimum atomic E-state index is 0.916. The average Bonchev–Trinajstić information content (AvgIpc) is 2.53. The van der Waals surface area contributed by atoms with Gasteiger partial charge in [0.15, 0.2) is 0 Å². The fourth-order valence-corrected chi connectivity index (χ4v) is 6.80. The van der Waals surface area contributed by atoms with Crippen molar-refractivity contribution in [2.45, 2.75) is 26.7 Å². The molecule has 0 aliphatic rings. The summed E-state index contributed by atoms with van der Waals surface area (Å²) in [6, 6.07) is 2.18. The molecule has 23 heavy (non-hydrogen) atoms. The van der Waals surface area contributed by atoms with Crippen LogP contribution in [0.5, 0.6) is 0 Å². The third-order valence-electron chi connectivity index (χ3n) is 3.68. The fraction of sp³-hybridized carbons (Fsp3) is 0.250. The number of hydrogen-bond acceptors (Lipinski definition) is 0. The largest absolute Gasteiger partial charge is 0.0505 e. The van der Waals surface area contributed by atoms with Gasteiger partial charge in [-0.3, -0.25) is 0 Å². The summed E-state index contributed by atoms with van der Waals surface area (Å²) in [5.41, 5.74) is 4.88. The molecule has 124 valence electrons. The van der Waals surface area contributed by atoms with Crippen molar-refractivity contribution in [1.82, 2.24) is 0 Å². The van der Waals surface area contributed by atoms with Crippen molar-refractivity contribution in [2.24, 2.45) is 0 Å². The Morgan fingerprint density at radius 3 is 1.61 bits per heavy atom. The van der Waals surface area contributed by atoms with Gasteiger partial charge in [0.25, 0.3) is 0 Å². The van der Waals surface area contributed by atoms with Crippen LogP contribution in [0.4, 0.5) is 0 Å². The van der Waals surface area contributed by atoms with Gasteiger partial charge in [-0.05, 0) is 151 Å². The molecule has 0 aliphatic carbocycles. The minimum Gasteiger partial charge on any atom is -0.0505 e. The van der Waals surface area contributed by atoms with Crippen LogP contribution in [0, 0.1) is 13.8 Å². The summed E-state index contributed by atoms with van der Waals surface area (Å²) in [6.07, 6.45) is 1.84. The molecule has 2 rings (SSSR count). The maximum absolute atomic E-state index is 3.72. The first-order valence-electron chi connectivity index (χ1n) is 6.61. The van der Waals surface area contributed by atoms with E-state index in [-0.39, 0.29) is 0 Å². The van der Waals surface area contributed by atoms with Gasteiger partial charge >= 0.3 is 0 Å². The van der Waals surface area contributed by atoms with Crippen molar-refractivity contribution >= 4 is 112 Å². The molecule has 0 radical (unpaired) electrons. The molecule has 7 heteroatoms. The number of halogens is 7. The van der Waals surface area contributed by atoms with E-state index in [1.165, 1.54) is 22.3 Å². The van der Waals surface area contributed by atoms with Crippen LogP contribution < -0.4 is 0 Å². The Morgan fingerprint density at radius 2 is 1.09 bits per heavy atom. The molecule has 0 spiro atoms. The van der Waals surface area contributed by atoms with E-state index in [0.717, 1.165) is 44.2 Å². The zero-order valence-electron chi connectivity index (χ0n) is 12.1. The third kappa shape index (κ3) is 4.38. The van der Waals surface area contributed by atoms with Gasteiger partial charge in [-0.15, -0.1) is 0 Å². The highest BCUT2D eigenvalue weighted by molar-refractivity contribution is 9.14. The maximum atomic E-state index is 3.72. The van der Waals surface area contributed by atoms with Gasteiger partial charge in [0.1, 0.15) is 0 Å². The van der Waals surface area contributed by atoms with E-state index in [1.807, 2.05) is 0 Å². The van der Waals surface area contributed by atoms with Crippen molar-refractivity contribution in [3.05, 3.63) is 59.6 Å². The second-order valence-electron chi connectivity index (χ2n) is 5.13. The maximum Gasteiger partial charge on any atom is 0.0364 e. The lowest BCUT2D eigenvalue weighted by molar-refractivity contribution is 0.934. The monoisotopic (exact) mass is 756 g/mol. The van der Waals surface area contributed by atoms with Crippen molar-refractivity contribution in [1.29, 1.82) is 0 Å². The second kappa shape index (κ2) is 8.66. The van der Waals surface area contributed by atoms with E-state index < -0.39 is 0 Å². The lowest BCUT2D eigenvalue weighted by Crippen LogP contribution is -1.99. The van der Waals surface area contributed by atoms with Crippen LogP contribution in [-0.2, 0) is 12.8 Å². The van der Waals surface area contributed by atoms with Crippen LogP contribution in [0.15, 0.2) is 37.4 Å². The van der Waals surface area contributed by atoms with Gasteiger partial charge < -0.3 is 0 Å². The Morgan fingerprint density at radius 1 is 0.609 bits per heavy atom. The average molecular weight is 763 g/mol. The van der Waals surface area contributed by atoms with Crippen molar-refractivity contribution < 1.29 is 0 Å². The van der Waals surface area contributed by atoms with Gasteiger partial charge in [-0.25, -0.2) is 0 Å². The third-order valence-corrected chi connectivity index (χ3v) is 11.7. The number of benzene rings is 2. The number of hydrogen-bond donors (Lipinski definition) is 0. The van der Waals surface area contributed by atoms with Crippen LogP contribution in [0.1, 0.15) is 22.3 Å². The Bertz CT molecular complexity index is 752. The van der Waals surface area contributed by atoms with Gasteiger partial charge in [0.05, 0.1) is 0 Å². The summed E-state index contributed by atoms with van der Waals surface area (Å²) < 4.78 is 7.73. The van der Waals surface area contributed by atoms with E-state index in [4.69, 9.17) is 0 Å². The van der Waals surface area contributed by atoms with Gasteiger partial charge in [-0.2, -0.15) is 0 Å². The SMILES string of the molecule is Cc1c(Br)cc(CCc2c(Br)c(Br)c(C)c(Br)c2Br)c(Br)c1Br. The van der Waals surface area contributed by atoms with Crippen LogP contribution in [0.2, 0.25) is 0 Å². The predicted molar refractivity (Wildman–Crippen MR) is 124 cm³/mol. The molecule has 0 amide bonds. The first-order valence-corrected chi connectivity index (χ1v) is 12.2. The summed E-state index contributed by atoms with van der Waals surface area (Å²) in [6.45, 7) is 4.17. The molecular formula is C16H11Br7. The molecule has 0 bridgehead atoms. The Hall–Kier alpha value is 1.80. The van der Waals surface area contributed by atoms with E-state index >= 15 is 0 Å². The van der Waals surface area contributed by atoms with Crippen LogP contribution in [0.25, 0.3) is 0 Å². The highest BCUT2D eigenvalue weighted by atomic mass is 79.9. The summed E-state index contributed by atoms with van der Waals surface area (Å²) in [7, 11) is 0. The minimum absolute atomic E-state index is 0.916. The summed E-state index contributed by atoms with van der Waals surface area (Å²) in [5.74, 6) is 0. The molecular weight excluding hydrogens is 752 g/mol. The fourth-order valence-electron chi connectivity index (χ4n) is 2.18. The molecule has 0 aliphatic heterocycles. The molecule has 2 aromatic rings. The first kappa shape index (κ1) is 21.1. The first-order chi connectivity index (χ1) is 10.7. The van der Waals surface area contributed by atoms with E-state index in [2.05, 4.69) is 131 Å². The lowest BCUT2D eigenvalue weighted by Gasteiger charge is -2.16. The van der Waals surface area contributed by atoms with Crippen molar-refractivity contribution in [2.75, 3.05) is 0 Å².